The lowest BCUT2D eigenvalue weighted by atomic mass is 9.95. The molecule has 0 saturated heterocycles. The van der Waals surface area contributed by atoms with Crippen LogP contribution in [0.4, 0.5) is 0 Å². The molecule has 1 unspecified atom stereocenters. The van der Waals surface area contributed by atoms with Crippen LogP contribution in [0, 0.1) is 0 Å². The molecule has 0 saturated carbocycles. The fraction of sp³-hybridized carbons (Fsp3) is 0.100. The van der Waals surface area contributed by atoms with E-state index in [0.29, 0.717) is 0 Å². The van der Waals surface area contributed by atoms with Gasteiger partial charge in [-0.1, -0.05) is 6.07 Å². The fourth-order valence-electron chi connectivity index (χ4n) is 3.29. The third kappa shape index (κ3) is 2.62. The van der Waals surface area contributed by atoms with Gasteiger partial charge in [0, 0.05) is 29.7 Å². The molecule has 0 aliphatic carbocycles. The molecule has 0 bridgehead atoms. The Kier molecular flexibility index (Phi) is 3.78. The number of benzene rings is 2. The Morgan fingerprint density at radius 2 is 1.61 bits per heavy atom. The standard InChI is InChI=1S/C20H14O8/c21-10-5-13(23)11-7-15(25)20(28-16(11)6-10)9-3-8-1-2-12(22)18(26)17(8)19(27)14(24)4-9/h1-6,20-23,26H,7H2,(H,24,27). The van der Waals surface area contributed by atoms with Crippen molar-refractivity contribution in [3.8, 4) is 34.5 Å². The molecule has 0 fully saturated rings. The summed E-state index contributed by atoms with van der Waals surface area (Å²) >= 11 is 0. The second-order valence-corrected chi connectivity index (χ2v) is 6.48. The molecule has 0 aromatic heterocycles. The fourth-order valence-corrected chi connectivity index (χ4v) is 3.29. The zero-order valence-electron chi connectivity index (χ0n) is 14.2. The molecule has 8 nitrogen and oxygen atoms in total. The lowest BCUT2D eigenvalue weighted by Crippen LogP contribution is -2.26. The van der Waals surface area contributed by atoms with Crippen LogP contribution in [0.25, 0.3) is 10.8 Å². The van der Waals surface area contributed by atoms with Gasteiger partial charge in [0.25, 0.3) is 0 Å². The Bertz CT molecular complexity index is 1220. The first-order valence-corrected chi connectivity index (χ1v) is 8.22. The van der Waals surface area contributed by atoms with Crippen molar-refractivity contribution in [2.45, 2.75) is 12.5 Å². The summed E-state index contributed by atoms with van der Waals surface area (Å²) in [6.45, 7) is 0. The Labute approximate surface area is 157 Å². The third-order valence-corrected chi connectivity index (χ3v) is 4.64. The molecule has 1 aliphatic rings. The van der Waals surface area contributed by atoms with Gasteiger partial charge in [-0.25, -0.2) is 0 Å². The van der Waals surface area contributed by atoms with Gasteiger partial charge in [0.15, 0.2) is 29.1 Å². The van der Waals surface area contributed by atoms with Gasteiger partial charge in [-0.15, -0.1) is 0 Å². The van der Waals surface area contributed by atoms with Crippen molar-refractivity contribution in [1.29, 1.82) is 0 Å². The highest BCUT2D eigenvalue weighted by molar-refractivity contribution is 5.96. The maximum atomic E-state index is 12.6. The Morgan fingerprint density at radius 1 is 0.857 bits per heavy atom. The smallest absolute Gasteiger partial charge is 0.221 e. The average Bonchev–Trinajstić information content (AvgIpc) is 2.76. The second-order valence-electron chi connectivity index (χ2n) is 6.48. The predicted molar refractivity (Wildman–Crippen MR) is 97.1 cm³/mol. The minimum atomic E-state index is -1.23. The summed E-state index contributed by atoms with van der Waals surface area (Å²) in [7, 11) is 0. The van der Waals surface area contributed by atoms with E-state index in [1.807, 2.05) is 0 Å². The molecule has 0 radical (unpaired) electrons. The van der Waals surface area contributed by atoms with Crippen LogP contribution >= 0.6 is 0 Å². The maximum Gasteiger partial charge on any atom is 0.221 e. The lowest BCUT2D eigenvalue weighted by Gasteiger charge is -2.25. The van der Waals surface area contributed by atoms with Gasteiger partial charge in [-0.2, -0.15) is 0 Å². The van der Waals surface area contributed by atoms with Gasteiger partial charge in [-0.05, 0) is 23.6 Å². The van der Waals surface area contributed by atoms with Crippen molar-refractivity contribution in [3.05, 3.63) is 57.7 Å². The summed E-state index contributed by atoms with van der Waals surface area (Å²) in [5.41, 5.74) is -0.553. The summed E-state index contributed by atoms with van der Waals surface area (Å²) < 4.78 is 5.63. The van der Waals surface area contributed by atoms with Crippen molar-refractivity contribution in [3.63, 3.8) is 0 Å². The van der Waals surface area contributed by atoms with Crippen LogP contribution in [-0.4, -0.2) is 31.3 Å². The third-order valence-electron chi connectivity index (χ3n) is 4.64. The molecule has 142 valence electrons. The molecule has 3 aromatic carbocycles. The number of Topliss-reactive ketones (excluding diaryl/α,β-unsaturated/α-hetero) is 1. The summed E-state index contributed by atoms with van der Waals surface area (Å²) in [5, 5.41) is 49.3. The van der Waals surface area contributed by atoms with Crippen molar-refractivity contribution in [1.82, 2.24) is 0 Å². The van der Waals surface area contributed by atoms with Crippen LogP contribution in [0.5, 0.6) is 34.5 Å². The number of hydrogen-bond acceptors (Lipinski definition) is 8. The highest BCUT2D eigenvalue weighted by atomic mass is 16.5. The number of hydrogen-bond donors (Lipinski definition) is 5. The van der Waals surface area contributed by atoms with E-state index in [9.17, 15) is 35.1 Å². The number of carbonyl (C=O) groups is 1. The average molecular weight is 382 g/mol. The molecule has 1 aliphatic heterocycles. The molecule has 4 rings (SSSR count). The van der Waals surface area contributed by atoms with Crippen LogP contribution in [0.2, 0.25) is 0 Å². The Hall–Kier alpha value is -3.94. The first-order chi connectivity index (χ1) is 13.3. The van der Waals surface area contributed by atoms with Crippen LogP contribution in [0.1, 0.15) is 17.2 Å². The van der Waals surface area contributed by atoms with Gasteiger partial charge < -0.3 is 30.3 Å². The van der Waals surface area contributed by atoms with Gasteiger partial charge in [-0.3, -0.25) is 9.59 Å². The van der Waals surface area contributed by atoms with E-state index in [-0.39, 0.29) is 45.6 Å². The lowest BCUT2D eigenvalue weighted by molar-refractivity contribution is -0.126. The van der Waals surface area contributed by atoms with Crippen LogP contribution in [0.15, 0.2) is 41.2 Å². The van der Waals surface area contributed by atoms with Gasteiger partial charge in [0.2, 0.25) is 5.43 Å². The van der Waals surface area contributed by atoms with Gasteiger partial charge >= 0.3 is 0 Å². The van der Waals surface area contributed by atoms with E-state index >= 15 is 0 Å². The largest absolute Gasteiger partial charge is 0.508 e. The van der Waals surface area contributed by atoms with Crippen LogP contribution in [-0.2, 0) is 11.2 Å². The van der Waals surface area contributed by atoms with E-state index in [2.05, 4.69) is 0 Å². The zero-order chi connectivity index (χ0) is 20.2. The number of ketones is 1. The quantitative estimate of drug-likeness (QED) is 0.402. The first kappa shape index (κ1) is 17.5. The predicted octanol–water partition coefficient (Wildman–Crippen LogP) is 1.97. The highest BCUT2D eigenvalue weighted by Gasteiger charge is 2.32. The Morgan fingerprint density at radius 3 is 2.36 bits per heavy atom. The van der Waals surface area contributed by atoms with E-state index < -0.39 is 34.6 Å². The van der Waals surface area contributed by atoms with E-state index in [0.717, 1.165) is 12.1 Å². The molecule has 1 heterocycles. The van der Waals surface area contributed by atoms with Crippen molar-refractivity contribution in [2.24, 2.45) is 0 Å². The Balaban J connectivity index is 1.92. The number of rotatable bonds is 1. The number of phenolic OH excluding ortho intramolecular Hbond substituents is 4. The second kappa shape index (κ2) is 6.05. The van der Waals surface area contributed by atoms with Gasteiger partial charge in [0.05, 0.1) is 5.39 Å². The van der Waals surface area contributed by atoms with E-state index in [4.69, 9.17) is 4.74 Å². The molecule has 8 heteroatoms. The van der Waals surface area contributed by atoms with Crippen LogP contribution < -0.4 is 10.2 Å². The number of fused-ring (bicyclic) bond motifs is 2. The van der Waals surface area contributed by atoms with E-state index in [1.54, 1.807) is 0 Å². The van der Waals surface area contributed by atoms with E-state index in [1.165, 1.54) is 24.3 Å². The molecular formula is C20H14O8. The maximum absolute atomic E-state index is 12.6. The molecule has 1 atom stereocenters. The number of phenols is 4. The number of aromatic hydroxyl groups is 5. The monoisotopic (exact) mass is 382 g/mol. The van der Waals surface area contributed by atoms with Crippen molar-refractivity contribution in [2.75, 3.05) is 0 Å². The molecule has 3 aromatic rings. The topological polar surface area (TPSA) is 145 Å². The van der Waals surface area contributed by atoms with Gasteiger partial charge in [0.1, 0.15) is 17.2 Å². The summed E-state index contributed by atoms with van der Waals surface area (Å²) in [6.07, 6.45) is -1.41. The highest BCUT2D eigenvalue weighted by Crippen LogP contribution is 2.41. The van der Waals surface area contributed by atoms with Crippen LogP contribution in [0.3, 0.4) is 0 Å². The molecular weight excluding hydrogens is 368 g/mol. The number of carbonyl (C=O) groups excluding carboxylic acids is 1. The van der Waals surface area contributed by atoms with Crippen molar-refractivity contribution < 1.29 is 35.1 Å². The summed E-state index contributed by atoms with van der Waals surface area (Å²) in [6, 6.07) is 7.27. The zero-order valence-corrected chi connectivity index (χ0v) is 14.2. The minimum Gasteiger partial charge on any atom is -0.508 e. The SMILES string of the molecule is O=C1Cc2c(O)cc(O)cc2OC1c1cc(=O)c(O)c2c(O)c(O)ccc2c1. The molecule has 0 spiro atoms. The number of ether oxygens (including phenoxy) is 1. The molecule has 28 heavy (non-hydrogen) atoms. The summed E-state index contributed by atoms with van der Waals surface area (Å²) in [4.78, 5) is 24.9. The minimum absolute atomic E-state index is 0.0927. The van der Waals surface area contributed by atoms with Crippen molar-refractivity contribution >= 4 is 16.6 Å². The summed E-state index contributed by atoms with van der Waals surface area (Å²) in [5.74, 6) is -2.85. The molecule has 5 N–H and O–H groups in total. The molecule has 0 amide bonds. The first-order valence-electron chi connectivity index (χ1n) is 8.22. The normalized spacial score (nSPS) is 15.9.